The van der Waals surface area contributed by atoms with Crippen molar-refractivity contribution in [3.63, 3.8) is 0 Å². The van der Waals surface area contributed by atoms with Crippen LogP contribution in [0.25, 0.3) is 0 Å². The minimum absolute atomic E-state index is 0. The molecule has 0 spiro atoms. The highest BCUT2D eigenvalue weighted by atomic mass is 35.5. The number of nitrogens with one attached hydrogen (secondary N) is 3. The summed E-state index contributed by atoms with van der Waals surface area (Å²) in [6.07, 6.45) is 1.71. The third kappa shape index (κ3) is 4.88. The Balaban J connectivity index is 0.00000264. The Labute approximate surface area is 143 Å². The van der Waals surface area contributed by atoms with Crippen LogP contribution in [0.1, 0.15) is 18.4 Å². The van der Waals surface area contributed by atoms with Crippen LogP contribution in [-0.4, -0.2) is 43.0 Å². The predicted octanol–water partition coefficient (Wildman–Crippen LogP) is 0.355. The summed E-state index contributed by atoms with van der Waals surface area (Å²) in [4.78, 5) is 0.152. The van der Waals surface area contributed by atoms with Crippen molar-refractivity contribution in [2.45, 2.75) is 35.6 Å². The van der Waals surface area contributed by atoms with E-state index in [4.69, 9.17) is 0 Å². The lowest BCUT2D eigenvalue weighted by atomic mass is 10.1. The second-order valence-corrected chi connectivity index (χ2v) is 8.87. The van der Waals surface area contributed by atoms with Crippen molar-refractivity contribution in [3.05, 3.63) is 23.8 Å². The van der Waals surface area contributed by atoms with Crippen molar-refractivity contribution in [1.82, 2.24) is 14.8 Å². The number of halogens is 1. The van der Waals surface area contributed by atoms with Gasteiger partial charge < -0.3 is 5.32 Å². The summed E-state index contributed by atoms with van der Waals surface area (Å²) in [5.74, 6) is 0. The molecule has 1 heterocycles. The van der Waals surface area contributed by atoms with Crippen molar-refractivity contribution >= 4 is 32.5 Å². The lowest BCUT2D eigenvalue weighted by molar-refractivity contribution is 0.428. The molecule has 1 fully saturated rings. The van der Waals surface area contributed by atoms with Crippen molar-refractivity contribution < 1.29 is 16.8 Å². The fourth-order valence-corrected chi connectivity index (χ4v) is 4.75. The monoisotopic (exact) mass is 383 g/mol. The van der Waals surface area contributed by atoms with Crippen LogP contribution in [0, 0.1) is 6.92 Å². The fourth-order valence-electron chi connectivity index (χ4n) is 2.44. The van der Waals surface area contributed by atoms with Gasteiger partial charge in [-0.05, 0) is 57.1 Å². The van der Waals surface area contributed by atoms with Gasteiger partial charge in [0.05, 0.1) is 9.79 Å². The van der Waals surface area contributed by atoms with Gasteiger partial charge in [-0.2, -0.15) is 0 Å². The molecule has 0 amide bonds. The zero-order valence-electron chi connectivity index (χ0n) is 13.0. The van der Waals surface area contributed by atoms with E-state index in [0.29, 0.717) is 12.1 Å². The Morgan fingerprint density at radius 2 is 1.87 bits per heavy atom. The average molecular weight is 384 g/mol. The van der Waals surface area contributed by atoms with E-state index in [9.17, 15) is 16.8 Å². The van der Waals surface area contributed by atoms with Gasteiger partial charge in [0.2, 0.25) is 20.0 Å². The second kappa shape index (κ2) is 7.91. The Morgan fingerprint density at radius 1 is 1.17 bits per heavy atom. The number of aryl methyl sites for hydroxylation is 1. The molecule has 0 bridgehead atoms. The molecule has 1 saturated heterocycles. The van der Waals surface area contributed by atoms with E-state index in [1.54, 1.807) is 6.92 Å². The van der Waals surface area contributed by atoms with Gasteiger partial charge in [-0.25, -0.2) is 26.3 Å². The first kappa shape index (κ1) is 20.3. The molecule has 7 nitrogen and oxygen atoms in total. The van der Waals surface area contributed by atoms with Crippen molar-refractivity contribution in [3.8, 4) is 0 Å². The van der Waals surface area contributed by atoms with Gasteiger partial charge in [0.1, 0.15) is 0 Å². The molecule has 2 rings (SSSR count). The number of hydrogen-bond acceptors (Lipinski definition) is 5. The fraction of sp³-hybridized carbons (Fsp3) is 0.538. The van der Waals surface area contributed by atoms with E-state index in [1.807, 2.05) is 0 Å². The zero-order chi connectivity index (χ0) is 16.4. The third-order valence-corrected chi connectivity index (χ3v) is 6.73. The van der Waals surface area contributed by atoms with Crippen LogP contribution in [0.2, 0.25) is 0 Å². The maximum absolute atomic E-state index is 12.4. The molecule has 1 aliphatic rings. The quantitative estimate of drug-likeness (QED) is 0.680. The molecule has 1 aliphatic heterocycles. The number of benzene rings is 1. The van der Waals surface area contributed by atoms with Crippen LogP contribution in [0.4, 0.5) is 0 Å². The van der Waals surface area contributed by atoms with Gasteiger partial charge in [-0.1, -0.05) is 0 Å². The van der Waals surface area contributed by atoms with E-state index in [1.165, 1.54) is 25.2 Å². The molecular weight excluding hydrogens is 362 g/mol. The standard InChI is InChI=1S/C13H21N3O4S2.ClH/c1-10-8-12(5-6-13(10)22(19,20)14-2)21(17,18)16-11-4-3-7-15-9-11;/h5-6,8,11,14-16H,3-4,7,9H2,1-2H3;1H. The van der Waals surface area contributed by atoms with E-state index in [0.717, 1.165) is 19.4 Å². The van der Waals surface area contributed by atoms with Crippen LogP contribution >= 0.6 is 12.4 Å². The largest absolute Gasteiger partial charge is 0.315 e. The van der Waals surface area contributed by atoms with Gasteiger partial charge in [0, 0.05) is 12.6 Å². The topological polar surface area (TPSA) is 104 Å². The molecule has 132 valence electrons. The van der Waals surface area contributed by atoms with E-state index >= 15 is 0 Å². The van der Waals surface area contributed by atoms with Crippen molar-refractivity contribution in [1.29, 1.82) is 0 Å². The van der Waals surface area contributed by atoms with E-state index in [-0.39, 0.29) is 28.2 Å². The molecule has 1 unspecified atom stereocenters. The lowest BCUT2D eigenvalue weighted by Gasteiger charge is -2.23. The summed E-state index contributed by atoms with van der Waals surface area (Å²) in [5.41, 5.74) is 0.388. The van der Waals surface area contributed by atoms with Crippen LogP contribution in [-0.2, 0) is 20.0 Å². The van der Waals surface area contributed by atoms with Gasteiger partial charge in [0.15, 0.2) is 0 Å². The highest BCUT2D eigenvalue weighted by Crippen LogP contribution is 2.20. The first-order valence-corrected chi connectivity index (χ1v) is 10.00. The molecule has 3 N–H and O–H groups in total. The summed E-state index contributed by atoms with van der Waals surface area (Å²) in [5, 5.41) is 3.14. The number of rotatable bonds is 5. The second-order valence-electron chi connectivity index (χ2n) is 5.30. The molecular formula is C13H22ClN3O4S2. The summed E-state index contributed by atoms with van der Waals surface area (Å²) < 4.78 is 53.3. The van der Waals surface area contributed by atoms with Crippen molar-refractivity contribution in [2.75, 3.05) is 20.1 Å². The minimum atomic E-state index is -3.66. The third-order valence-electron chi connectivity index (χ3n) is 3.63. The first-order chi connectivity index (χ1) is 10.3. The Morgan fingerprint density at radius 3 is 2.39 bits per heavy atom. The summed E-state index contributed by atoms with van der Waals surface area (Å²) >= 11 is 0. The van der Waals surface area contributed by atoms with Crippen LogP contribution in [0.15, 0.2) is 28.0 Å². The maximum Gasteiger partial charge on any atom is 0.240 e. The first-order valence-electron chi connectivity index (χ1n) is 7.03. The summed E-state index contributed by atoms with van der Waals surface area (Å²) in [6, 6.07) is 3.87. The Kier molecular flexibility index (Phi) is 6.99. The van der Waals surface area contributed by atoms with Gasteiger partial charge in [0.25, 0.3) is 0 Å². The molecule has 0 aliphatic carbocycles. The molecule has 0 radical (unpaired) electrons. The molecule has 0 aromatic heterocycles. The molecule has 1 atom stereocenters. The Bertz CT molecular complexity index is 744. The normalized spacial score (nSPS) is 19.1. The number of piperidine rings is 1. The van der Waals surface area contributed by atoms with Crippen molar-refractivity contribution in [2.24, 2.45) is 0 Å². The highest BCUT2D eigenvalue weighted by Gasteiger charge is 2.23. The van der Waals surface area contributed by atoms with Crippen LogP contribution in [0.3, 0.4) is 0 Å². The average Bonchev–Trinajstić information content (AvgIpc) is 2.47. The van der Waals surface area contributed by atoms with E-state index in [2.05, 4.69) is 14.8 Å². The maximum atomic E-state index is 12.4. The van der Waals surface area contributed by atoms with Crippen LogP contribution in [0.5, 0.6) is 0 Å². The van der Waals surface area contributed by atoms with Gasteiger partial charge in [-0.15, -0.1) is 12.4 Å². The highest BCUT2D eigenvalue weighted by molar-refractivity contribution is 7.90. The molecule has 10 heteroatoms. The molecule has 0 saturated carbocycles. The minimum Gasteiger partial charge on any atom is -0.315 e. The Hall–Kier alpha value is -0.710. The zero-order valence-corrected chi connectivity index (χ0v) is 15.4. The number of hydrogen-bond donors (Lipinski definition) is 3. The SMILES string of the molecule is CNS(=O)(=O)c1ccc(S(=O)(=O)NC2CCCNC2)cc1C.Cl. The summed E-state index contributed by atoms with van der Waals surface area (Å²) in [6.45, 7) is 3.07. The number of sulfonamides is 2. The smallest absolute Gasteiger partial charge is 0.240 e. The van der Waals surface area contributed by atoms with E-state index < -0.39 is 20.0 Å². The summed E-state index contributed by atoms with van der Waals surface area (Å²) in [7, 11) is -5.93. The lowest BCUT2D eigenvalue weighted by Crippen LogP contribution is -2.45. The van der Waals surface area contributed by atoms with Gasteiger partial charge >= 0.3 is 0 Å². The van der Waals surface area contributed by atoms with Crippen LogP contribution < -0.4 is 14.8 Å². The molecule has 1 aromatic carbocycles. The van der Waals surface area contributed by atoms with Gasteiger partial charge in [-0.3, -0.25) is 0 Å². The molecule has 23 heavy (non-hydrogen) atoms. The predicted molar refractivity (Wildman–Crippen MR) is 90.9 cm³/mol. The molecule has 1 aromatic rings.